The van der Waals surface area contributed by atoms with Crippen molar-refractivity contribution in [2.75, 3.05) is 20.8 Å². The van der Waals surface area contributed by atoms with Gasteiger partial charge in [-0.15, -0.1) is 0 Å². The molecule has 1 saturated carbocycles. The van der Waals surface area contributed by atoms with E-state index < -0.39 is 11.9 Å². The standard InChI is InChI=1S/C22H32O6/c1-14(2)17-8-6-15(3)10-19(17)28-22(24)13-27-21(23)12-16-7-9-18(25-4)20(11-16)26-5/h7,9,11,14-15,17,19H,6,8,10,12-13H2,1-5H3. The first-order valence-electron chi connectivity index (χ1n) is 9.90. The van der Waals surface area contributed by atoms with Gasteiger partial charge < -0.3 is 18.9 Å². The zero-order chi connectivity index (χ0) is 20.7. The molecule has 0 amide bonds. The van der Waals surface area contributed by atoms with E-state index >= 15 is 0 Å². The number of esters is 2. The van der Waals surface area contributed by atoms with E-state index in [4.69, 9.17) is 18.9 Å². The van der Waals surface area contributed by atoms with Crippen LogP contribution in [0.3, 0.4) is 0 Å². The first-order valence-corrected chi connectivity index (χ1v) is 9.90. The third-order valence-corrected chi connectivity index (χ3v) is 5.39. The van der Waals surface area contributed by atoms with Gasteiger partial charge in [0.05, 0.1) is 20.6 Å². The molecular weight excluding hydrogens is 360 g/mol. The molecule has 0 aromatic heterocycles. The normalized spacial score (nSPS) is 21.9. The molecule has 156 valence electrons. The highest BCUT2D eigenvalue weighted by atomic mass is 16.6. The van der Waals surface area contributed by atoms with Gasteiger partial charge in [0, 0.05) is 0 Å². The minimum Gasteiger partial charge on any atom is -0.493 e. The lowest BCUT2D eigenvalue weighted by Crippen LogP contribution is -2.36. The zero-order valence-corrected chi connectivity index (χ0v) is 17.5. The Hall–Kier alpha value is -2.24. The van der Waals surface area contributed by atoms with Crippen molar-refractivity contribution in [1.29, 1.82) is 0 Å². The fraction of sp³-hybridized carbons (Fsp3) is 0.636. The summed E-state index contributed by atoms with van der Waals surface area (Å²) in [5, 5.41) is 0. The molecular formula is C22H32O6. The van der Waals surface area contributed by atoms with E-state index in [0.29, 0.717) is 29.3 Å². The molecule has 0 radical (unpaired) electrons. The summed E-state index contributed by atoms with van der Waals surface area (Å²) in [6, 6.07) is 5.21. The molecule has 1 aromatic carbocycles. The van der Waals surface area contributed by atoms with Gasteiger partial charge >= 0.3 is 11.9 Å². The van der Waals surface area contributed by atoms with Gasteiger partial charge in [0.2, 0.25) is 0 Å². The molecule has 0 heterocycles. The predicted octanol–water partition coefficient (Wildman–Crippen LogP) is 3.79. The van der Waals surface area contributed by atoms with Crippen LogP contribution in [0.5, 0.6) is 11.5 Å². The molecule has 1 aliphatic rings. The largest absolute Gasteiger partial charge is 0.493 e. The zero-order valence-electron chi connectivity index (χ0n) is 17.5. The number of carbonyl (C=O) groups excluding carboxylic acids is 2. The van der Waals surface area contributed by atoms with Crippen LogP contribution in [0, 0.1) is 17.8 Å². The third kappa shape index (κ3) is 6.14. The second-order valence-corrected chi connectivity index (χ2v) is 7.88. The Kier molecular flexibility index (Phi) is 8.15. The Morgan fingerprint density at radius 1 is 1.07 bits per heavy atom. The van der Waals surface area contributed by atoms with Crippen molar-refractivity contribution in [3.63, 3.8) is 0 Å². The van der Waals surface area contributed by atoms with Crippen LogP contribution < -0.4 is 9.47 Å². The highest BCUT2D eigenvalue weighted by molar-refractivity contribution is 5.78. The number of carbonyl (C=O) groups is 2. The molecule has 28 heavy (non-hydrogen) atoms. The molecule has 6 nitrogen and oxygen atoms in total. The van der Waals surface area contributed by atoms with Gasteiger partial charge in [-0.1, -0.05) is 33.3 Å². The molecule has 3 atom stereocenters. The molecule has 1 aliphatic carbocycles. The van der Waals surface area contributed by atoms with Gasteiger partial charge in [0.1, 0.15) is 6.10 Å². The minimum atomic E-state index is -0.485. The average molecular weight is 392 g/mol. The van der Waals surface area contributed by atoms with Crippen molar-refractivity contribution in [1.82, 2.24) is 0 Å². The first kappa shape index (κ1) is 22.1. The molecule has 0 aliphatic heterocycles. The van der Waals surface area contributed by atoms with E-state index in [1.54, 1.807) is 25.3 Å². The molecule has 0 spiro atoms. The maximum atomic E-state index is 12.2. The second kappa shape index (κ2) is 10.3. The second-order valence-electron chi connectivity index (χ2n) is 7.88. The summed E-state index contributed by atoms with van der Waals surface area (Å²) >= 11 is 0. The SMILES string of the molecule is COc1ccc(CC(=O)OCC(=O)OC2CC(C)CCC2C(C)C)cc1OC. The van der Waals surface area contributed by atoms with Crippen molar-refractivity contribution in [2.24, 2.45) is 17.8 Å². The highest BCUT2D eigenvalue weighted by Gasteiger charge is 2.33. The Morgan fingerprint density at radius 3 is 2.43 bits per heavy atom. The van der Waals surface area contributed by atoms with Crippen molar-refractivity contribution < 1.29 is 28.5 Å². The molecule has 1 aromatic rings. The van der Waals surface area contributed by atoms with Gasteiger partial charge in [-0.25, -0.2) is 4.79 Å². The van der Waals surface area contributed by atoms with E-state index in [0.717, 1.165) is 24.8 Å². The lowest BCUT2D eigenvalue weighted by molar-refractivity contribution is -0.166. The fourth-order valence-corrected chi connectivity index (χ4v) is 3.80. The molecule has 0 N–H and O–H groups in total. The van der Waals surface area contributed by atoms with Crippen LogP contribution in [0.2, 0.25) is 0 Å². The quantitative estimate of drug-likeness (QED) is 0.627. The van der Waals surface area contributed by atoms with E-state index in [2.05, 4.69) is 20.8 Å². The van der Waals surface area contributed by atoms with Gasteiger partial charge in [-0.05, 0) is 48.3 Å². The Bertz CT molecular complexity index is 669. The first-order chi connectivity index (χ1) is 13.3. The van der Waals surface area contributed by atoms with Crippen molar-refractivity contribution >= 4 is 11.9 Å². The number of hydrogen-bond donors (Lipinski definition) is 0. The maximum Gasteiger partial charge on any atom is 0.344 e. The van der Waals surface area contributed by atoms with Crippen LogP contribution in [0.15, 0.2) is 18.2 Å². The minimum absolute atomic E-state index is 0.0444. The summed E-state index contributed by atoms with van der Waals surface area (Å²) in [4.78, 5) is 24.3. The van der Waals surface area contributed by atoms with Gasteiger partial charge in [0.15, 0.2) is 18.1 Å². The van der Waals surface area contributed by atoms with Crippen LogP contribution in [-0.4, -0.2) is 38.9 Å². The number of methoxy groups -OCH3 is 2. The van der Waals surface area contributed by atoms with Crippen LogP contribution in [0.4, 0.5) is 0 Å². The number of rotatable bonds is 8. The Balaban J connectivity index is 1.84. The summed E-state index contributed by atoms with van der Waals surface area (Å²) in [6.45, 7) is 6.14. The third-order valence-electron chi connectivity index (χ3n) is 5.39. The van der Waals surface area contributed by atoms with Crippen molar-refractivity contribution in [2.45, 2.75) is 52.6 Å². The van der Waals surface area contributed by atoms with E-state index in [-0.39, 0.29) is 19.1 Å². The summed E-state index contributed by atoms with van der Waals surface area (Å²) in [5.41, 5.74) is 0.719. The average Bonchev–Trinajstić information content (AvgIpc) is 2.66. The molecule has 1 fully saturated rings. The number of hydrogen-bond acceptors (Lipinski definition) is 6. The summed E-state index contributed by atoms with van der Waals surface area (Å²) in [6.07, 6.45) is 3.05. The topological polar surface area (TPSA) is 71.1 Å². The summed E-state index contributed by atoms with van der Waals surface area (Å²) in [5.74, 6) is 1.52. The van der Waals surface area contributed by atoms with E-state index in [9.17, 15) is 9.59 Å². The predicted molar refractivity (Wildman–Crippen MR) is 105 cm³/mol. The lowest BCUT2D eigenvalue weighted by Gasteiger charge is -2.36. The monoisotopic (exact) mass is 392 g/mol. The van der Waals surface area contributed by atoms with Crippen molar-refractivity contribution in [3.05, 3.63) is 23.8 Å². The molecule has 6 heteroatoms. The Labute approximate surface area is 167 Å². The van der Waals surface area contributed by atoms with Gasteiger partial charge in [-0.3, -0.25) is 4.79 Å². The van der Waals surface area contributed by atoms with Gasteiger partial charge in [-0.2, -0.15) is 0 Å². The number of ether oxygens (including phenoxy) is 4. The lowest BCUT2D eigenvalue weighted by atomic mass is 9.75. The summed E-state index contributed by atoms with van der Waals surface area (Å²) in [7, 11) is 3.08. The van der Waals surface area contributed by atoms with Crippen LogP contribution in [-0.2, 0) is 25.5 Å². The smallest absolute Gasteiger partial charge is 0.344 e. The molecule has 3 unspecified atom stereocenters. The molecule has 0 saturated heterocycles. The van der Waals surface area contributed by atoms with E-state index in [1.165, 1.54) is 7.11 Å². The number of benzene rings is 1. The maximum absolute atomic E-state index is 12.2. The Morgan fingerprint density at radius 2 is 1.79 bits per heavy atom. The fourth-order valence-electron chi connectivity index (χ4n) is 3.80. The summed E-state index contributed by atoms with van der Waals surface area (Å²) < 4.78 is 21.2. The highest BCUT2D eigenvalue weighted by Crippen LogP contribution is 2.35. The van der Waals surface area contributed by atoms with Crippen LogP contribution in [0.25, 0.3) is 0 Å². The van der Waals surface area contributed by atoms with Gasteiger partial charge in [0.25, 0.3) is 0 Å². The van der Waals surface area contributed by atoms with Crippen LogP contribution >= 0.6 is 0 Å². The molecule has 2 rings (SSSR count). The van der Waals surface area contributed by atoms with Crippen molar-refractivity contribution in [3.8, 4) is 11.5 Å². The van der Waals surface area contributed by atoms with Crippen LogP contribution in [0.1, 0.15) is 45.6 Å². The molecule has 0 bridgehead atoms. The van der Waals surface area contributed by atoms with E-state index in [1.807, 2.05) is 0 Å².